The van der Waals surface area contributed by atoms with Crippen LogP contribution < -0.4 is 0 Å². The quantitative estimate of drug-likeness (QED) is 0.586. The monoisotopic (exact) mass is 410 g/mol. The van der Waals surface area contributed by atoms with E-state index in [9.17, 15) is 4.79 Å². The maximum Gasteiger partial charge on any atom is 0.335 e. The lowest BCUT2D eigenvalue weighted by Crippen LogP contribution is -2.60. The predicted octanol–water partition coefficient (Wildman–Crippen LogP) is 6.24. The molecule has 2 nitrogen and oxygen atoms in total. The first kappa shape index (κ1) is 20.2. The van der Waals surface area contributed by atoms with Crippen LogP contribution >= 0.6 is 0 Å². The average Bonchev–Trinajstić information content (AvgIpc) is 2.69. The van der Waals surface area contributed by atoms with Crippen molar-refractivity contribution in [3.05, 3.63) is 59.7 Å². The van der Waals surface area contributed by atoms with Gasteiger partial charge in [-0.15, -0.1) is 0 Å². The molecule has 3 atom stereocenters. The van der Waals surface area contributed by atoms with E-state index >= 15 is 0 Å². The Morgan fingerprint density at radius 2 is 1.68 bits per heavy atom. The van der Waals surface area contributed by atoms with E-state index in [-0.39, 0.29) is 16.4 Å². The first-order valence-corrected chi connectivity index (χ1v) is 11.5. The molecule has 0 aromatic heterocycles. The van der Waals surface area contributed by atoms with E-state index in [1.165, 1.54) is 38.5 Å². The molecule has 1 aromatic carbocycles. The van der Waals surface area contributed by atoms with Gasteiger partial charge in [0.1, 0.15) is 0 Å². The van der Waals surface area contributed by atoms with Crippen LogP contribution in [0, 0.1) is 51.3 Å². The average molecular weight is 411 g/mol. The summed E-state index contributed by atoms with van der Waals surface area (Å²) in [5.41, 5.74) is 2.09. The maximum absolute atomic E-state index is 11.0. The van der Waals surface area contributed by atoms with E-state index in [1.54, 1.807) is 24.3 Å². The van der Waals surface area contributed by atoms with Crippen molar-refractivity contribution >= 4 is 5.97 Å². The highest BCUT2D eigenvalue weighted by atomic mass is 16.4. The topological polar surface area (TPSA) is 37.3 Å². The molecule has 0 radical (unpaired) electrons. The van der Waals surface area contributed by atoms with Gasteiger partial charge in [-0.05, 0) is 103 Å². The van der Waals surface area contributed by atoms with Crippen molar-refractivity contribution in [2.24, 2.45) is 27.6 Å². The fourth-order valence-electron chi connectivity index (χ4n) is 8.13. The van der Waals surface area contributed by atoms with Crippen molar-refractivity contribution in [2.45, 2.75) is 58.8 Å². The second kappa shape index (κ2) is 6.90. The predicted molar refractivity (Wildman–Crippen MR) is 123 cm³/mol. The number of rotatable bonds is 2. The van der Waals surface area contributed by atoms with Gasteiger partial charge >= 0.3 is 5.97 Å². The van der Waals surface area contributed by atoms with E-state index < -0.39 is 5.97 Å². The highest BCUT2D eigenvalue weighted by Gasteiger charge is 2.65. The minimum absolute atomic E-state index is 0.133. The van der Waals surface area contributed by atoms with Crippen LogP contribution in [-0.2, 0) is 0 Å². The molecule has 4 bridgehead atoms. The van der Waals surface area contributed by atoms with Crippen LogP contribution in [0.2, 0.25) is 0 Å². The van der Waals surface area contributed by atoms with Crippen molar-refractivity contribution in [2.75, 3.05) is 0 Å². The zero-order chi connectivity index (χ0) is 21.7. The van der Waals surface area contributed by atoms with E-state index in [0.717, 1.165) is 17.9 Å². The number of hydrogen-bond donors (Lipinski definition) is 1. The van der Waals surface area contributed by atoms with Gasteiger partial charge in [-0.2, -0.15) is 0 Å². The summed E-state index contributed by atoms with van der Waals surface area (Å²) in [6.45, 7) is 5.04. The van der Waals surface area contributed by atoms with Crippen molar-refractivity contribution in [3.8, 4) is 23.7 Å². The minimum atomic E-state index is -0.920. The fraction of sp³-hybridized carbons (Fsp3) is 0.483. The third-order valence-corrected chi connectivity index (χ3v) is 8.33. The van der Waals surface area contributed by atoms with Crippen molar-refractivity contribution in [3.63, 3.8) is 0 Å². The molecule has 4 saturated carbocycles. The van der Waals surface area contributed by atoms with Gasteiger partial charge in [0.25, 0.3) is 0 Å². The third-order valence-electron chi connectivity index (χ3n) is 8.33. The summed E-state index contributed by atoms with van der Waals surface area (Å²) in [6, 6.07) is 6.68. The Kier molecular flexibility index (Phi) is 4.50. The molecular formula is C29H30O2. The van der Waals surface area contributed by atoms with Crippen LogP contribution in [0.1, 0.15) is 74.7 Å². The lowest BCUT2D eigenvalue weighted by molar-refractivity contribution is -0.173. The Morgan fingerprint density at radius 1 is 0.968 bits per heavy atom. The van der Waals surface area contributed by atoms with E-state index in [2.05, 4.69) is 61.8 Å². The zero-order valence-electron chi connectivity index (χ0n) is 18.5. The maximum atomic E-state index is 11.0. The highest BCUT2D eigenvalue weighted by Crippen LogP contribution is 2.74. The van der Waals surface area contributed by atoms with Gasteiger partial charge in [-0.1, -0.05) is 50.0 Å². The number of hydrogen-bond acceptors (Lipinski definition) is 1. The normalized spacial score (nSPS) is 39.4. The molecule has 5 aliphatic carbocycles. The molecule has 4 fully saturated rings. The largest absolute Gasteiger partial charge is 0.478 e. The Labute approximate surface area is 185 Å². The van der Waals surface area contributed by atoms with Gasteiger partial charge in [0, 0.05) is 5.56 Å². The molecule has 0 spiro atoms. The second-order valence-electron chi connectivity index (χ2n) is 11.3. The minimum Gasteiger partial charge on any atom is -0.478 e. The highest BCUT2D eigenvalue weighted by molar-refractivity contribution is 5.87. The second-order valence-corrected chi connectivity index (χ2v) is 11.3. The van der Waals surface area contributed by atoms with Crippen molar-refractivity contribution in [1.29, 1.82) is 0 Å². The first-order valence-electron chi connectivity index (χ1n) is 11.5. The Bertz CT molecular complexity index is 1080. The number of carbonyl (C=O) groups is 1. The molecule has 0 heterocycles. The van der Waals surface area contributed by atoms with E-state index in [0.29, 0.717) is 10.8 Å². The summed E-state index contributed by atoms with van der Waals surface area (Å²) in [4.78, 5) is 11.0. The molecule has 31 heavy (non-hydrogen) atoms. The summed E-state index contributed by atoms with van der Waals surface area (Å²) in [7, 11) is 0. The van der Waals surface area contributed by atoms with Crippen LogP contribution in [0.15, 0.2) is 48.6 Å². The smallest absolute Gasteiger partial charge is 0.335 e. The lowest BCUT2D eigenvalue weighted by Gasteiger charge is -2.69. The number of carboxylic acids is 1. The molecule has 3 unspecified atom stereocenters. The van der Waals surface area contributed by atoms with Crippen LogP contribution in [0.3, 0.4) is 0 Å². The molecular weight excluding hydrogens is 380 g/mol. The van der Waals surface area contributed by atoms with Crippen molar-refractivity contribution < 1.29 is 9.90 Å². The summed E-state index contributed by atoms with van der Waals surface area (Å²) < 4.78 is 0. The standard InChI is InChI=1S/C29H30O2/c1-26-16-23-17-27(2,19-26)21-29(18-23,20-26)28(13-5-3-6-14-28)15-7-4-8-22-9-11-24(12-10-22)25(30)31/h3,5-6,9-13,23H,14,16-21H2,1-2H3,(H,30,31). The molecule has 0 saturated heterocycles. The molecule has 1 N–H and O–H groups in total. The van der Waals surface area contributed by atoms with Gasteiger partial charge in [0.05, 0.1) is 11.0 Å². The Hall–Kier alpha value is -2.71. The summed E-state index contributed by atoms with van der Waals surface area (Å²) in [6.07, 6.45) is 18.0. The fourth-order valence-corrected chi connectivity index (χ4v) is 8.13. The van der Waals surface area contributed by atoms with E-state index in [4.69, 9.17) is 5.11 Å². The third kappa shape index (κ3) is 3.43. The molecule has 6 rings (SSSR count). The van der Waals surface area contributed by atoms with Crippen molar-refractivity contribution in [1.82, 2.24) is 0 Å². The SMILES string of the molecule is CC12CC3CC(C)(C1)CC(C1(C#CC#Cc4ccc(C(=O)O)cc4)C=CC=CC1)(C3)C2. The van der Waals surface area contributed by atoms with Gasteiger partial charge in [-0.25, -0.2) is 4.79 Å². The summed E-state index contributed by atoms with van der Waals surface area (Å²) in [5, 5.41) is 9.05. The molecule has 5 aliphatic rings. The van der Waals surface area contributed by atoms with Gasteiger partial charge < -0.3 is 5.11 Å². The molecule has 158 valence electrons. The Morgan fingerprint density at radius 3 is 2.26 bits per heavy atom. The number of benzene rings is 1. The van der Waals surface area contributed by atoms with Gasteiger partial charge in [0.15, 0.2) is 0 Å². The first-order chi connectivity index (χ1) is 14.7. The van der Waals surface area contributed by atoms with Crippen LogP contribution in [0.4, 0.5) is 0 Å². The summed E-state index contributed by atoms with van der Waals surface area (Å²) in [5.74, 6) is 13.0. The molecule has 2 heteroatoms. The number of allylic oxidation sites excluding steroid dienone is 4. The number of aromatic carboxylic acids is 1. The summed E-state index contributed by atoms with van der Waals surface area (Å²) >= 11 is 0. The number of carboxylic acid groups (broad SMARTS) is 1. The van der Waals surface area contributed by atoms with Gasteiger partial charge in [0.2, 0.25) is 0 Å². The van der Waals surface area contributed by atoms with Crippen LogP contribution in [-0.4, -0.2) is 11.1 Å². The van der Waals surface area contributed by atoms with Gasteiger partial charge in [-0.3, -0.25) is 0 Å². The molecule has 1 aromatic rings. The van der Waals surface area contributed by atoms with Crippen LogP contribution in [0.5, 0.6) is 0 Å². The molecule has 0 amide bonds. The lowest BCUT2D eigenvalue weighted by atomic mass is 9.35. The van der Waals surface area contributed by atoms with Crippen LogP contribution in [0.25, 0.3) is 0 Å². The Balaban J connectivity index is 1.48. The van der Waals surface area contributed by atoms with E-state index in [1.807, 2.05) is 0 Å². The molecule has 0 aliphatic heterocycles. The zero-order valence-corrected chi connectivity index (χ0v) is 18.5.